The molecule has 5 nitrogen and oxygen atoms in total. The summed E-state index contributed by atoms with van der Waals surface area (Å²) in [5, 5.41) is 3.64. The van der Waals surface area contributed by atoms with Gasteiger partial charge in [0.25, 0.3) is 5.56 Å². The summed E-state index contributed by atoms with van der Waals surface area (Å²) in [4.78, 5) is 20.6. The van der Waals surface area contributed by atoms with E-state index in [1.54, 1.807) is 26.1 Å². The van der Waals surface area contributed by atoms with E-state index < -0.39 is 11.7 Å². The van der Waals surface area contributed by atoms with Crippen LogP contribution in [0.1, 0.15) is 17.0 Å². The number of pyridine rings is 1. The van der Waals surface area contributed by atoms with Crippen LogP contribution in [0.3, 0.4) is 0 Å². The topological polar surface area (TPSA) is 59.8 Å². The summed E-state index contributed by atoms with van der Waals surface area (Å²) in [6.07, 6.45) is -4.39. The van der Waals surface area contributed by atoms with Crippen LogP contribution in [-0.4, -0.2) is 14.5 Å². The Hall–Kier alpha value is -2.42. The van der Waals surface area contributed by atoms with Gasteiger partial charge in [0, 0.05) is 13.6 Å². The zero-order valence-electron chi connectivity index (χ0n) is 13.9. The summed E-state index contributed by atoms with van der Waals surface area (Å²) < 4.78 is 40.3. The molecule has 0 fully saturated rings. The maximum absolute atomic E-state index is 12.8. The minimum absolute atomic E-state index is 0.149. The number of anilines is 1. The van der Waals surface area contributed by atoms with Crippen molar-refractivity contribution in [1.82, 2.24) is 14.5 Å². The highest BCUT2D eigenvalue weighted by Crippen LogP contribution is 2.30. The van der Waals surface area contributed by atoms with Crippen molar-refractivity contribution in [3.63, 3.8) is 0 Å². The van der Waals surface area contributed by atoms with Gasteiger partial charge in [0.1, 0.15) is 17.3 Å². The first-order chi connectivity index (χ1) is 12.2. The first kappa shape index (κ1) is 18.4. The van der Waals surface area contributed by atoms with E-state index in [1.165, 1.54) is 10.6 Å². The van der Waals surface area contributed by atoms with E-state index in [0.717, 1.165) is 12.1 Å². The number of rotatable bonds is 3. The molecule has 1 N–H and O–H groups in total. The lowest BCUT2D eigenvalue weighted by Crippen LogP contribution is -2.19. The Morgan fingerprint density at radius 3 is 2.65 bits per heavy atom. The highest BCUT2D eigenvalue weighted by Gasteiger charge is 2.30. The molecule has 0 aliphatic heterocycles. The molecule has 0 bridgehead atoms. The van der Waals surface area contributed by atoms with Crippen LogP contribution in [-0.2, 0) is 19.8 Å². The molecule has 3 aromatic rings. The van der Waals surface area contributed by atoms with E-state index >= 15 is 0 Å². The summed E-state index contributed by atoms with van der Waals surface area (Å²) >= 11 is 3.21. The molecule has 0 aliphatic carbocycles. The maximum atomic E-state index is 12.8. The minimum atomic E-state index is -4.39. The number of fused-ring (bicyclic) bond motifs is 1. The van der Waals surface area contributed by atoms with E-state index in [4.69, 9.17) is 0 Å². The average molecular weight is 427 g/mol. The smallest absolute Gasteiger partial charge is 0.365 e. The molecule has 0 amide bonds. The number of aryl methyl sites for hydroxylation is 2. The van der Waals surface area contributed by atoms with Crippen molar-refractivity contribution in [2.45, 2.75) is 19.6 Å². The van der Waals surface area contributed by atoms with Gasteiger partial charge >= 0.3 is 6.18 Å². The van der Waals surface area contributed by atoms with Crippen molar-refractivity contribution in [1.29, 1.82) is 0 Å². The lowest BCUT2D eigenvalue weighted by Gasteiger charge is -2.13. The highest BCUT2D eigenvalue weighted by molar-refractivity contribution is 9.10. The van der Waals surface area contributed by atoms with Gasteiger partial charge in [0.05, 0.1) is 15.4 Å². The first-order valence-corrected chi connectivity index (χ1v) is 8.40. The second kappa shape index (κ2) is 6.71. The van der Waals surface area contributed by atoms with Crippen molar-refractivity contribution in [2.75, 3.05) is 5.32 Å². The van der Waals surface area contributed by atoms with E-state index in [1.807, 2.05) is 0 Å². The van der Waals surface area contributed by atoms with Crippen LogP contribution >= 0.6 is 15.9 Å². The van der Waals surface area contributed by atoms with Crippen molar-refractivity contribution in [3.8, 4) is 0 Å². The minimum Gasteiger partial charge on any atom is -0.365 e. The molecule has 2 aromatic heterocycles. The van der Waals surface area contributed by atoms with Gasteiger partial charge in [-0.2, -0.15) is 13.2 Å². The number of nitrogens with one attached hydrogen (secondary N) is 1. The Kier molecular flexibility index (Phi) is 4.74. The first-order valence-electron chi connectivity index (χ1n) is 7.60. The third-order valence-corrected chi connectivity index (χ3v) is 4.42. The van der Waals surface area contributed by atoms with Crippen LogP contribution in [0.4, 0.5) is 19.0 Å². The number of hydrogen-bond donors (Lipinski definition) is 1. The van der Waals surface area contributed by atoms with Gasteiger partial charge in [0.15, 0.2) is 0 Å². The van der Waals surface area contributed by atoms with Crippen molar-refractivity contribution >= 4 is 32.8 Å². The second-order valence-electron chi connectivity index (χ2n) is 5.76. The van der Waals surface area contributed by atoms with Crippen LogP contribution in [0.15, 0.2) is 39.6 Å². The van der Waals surface area contributed by atoms with Crippen LogP contribution < -0.4 is 10.9 Å². The van der Waals surface area contributed by atoms with E-state index in [9.17, 15) is 18.0 Å². The van der Waals surface area contributed by atoms with Crippen LogP contribution in [0, 0.1) is 6.92 Å². The average Bonchev–Trinajstić information content (AvgIpc) is 2.58. The van der Waals surface area contributed by atoms with Gasteiger partial charge < -0.3 is 5.32 Å². The van der Waals surface area contributed by atoms with Crippen LogP contribution in [0.2, 0.25) is 0 Å². The molecule has 2 heterocycles. The molecule has 136 valence electrons. The molecular weight excluding hydrogens is 413 g/mol. The molecule has 0 aliphatic rings. The quantitative estimate of drug-likeness (QED) is 0.686. The monoisotopic (exact) mass is 426 g/mol. The fourth-order valence-electron chi connectivity index (χ4n) is 2.58. The van der Waals surface area contributed by atoms with Crippen molar-refractivity contribution in [2.24, 2.45) is 7.05 Å². The fraction of sp³-hybridized carbons (Fsp3) is 0.235. The number of hydrogen-bond acceptors (Lipinski definition) is 4. The largest absolute Gasteiger partial charge is 0.416 e. The van der Waals surface area contributed by atoms with Crippen LogP contribution in [0.5, 0.6) is 0 Å². The number of alkyl halides is 3. The number of aromatic nitrogens is 3. The predicted molar refractivity (Wildman–Crippen MR) is 96.0 cm³/mol. The molecule has 26 heavy (non-hydrogen) atoms. The number of halogens is 4. The lowest BCUT2D eigenvalue weighted by atomic mass is 10.1. The van der Waals surface area contributed by atoms with Crippen molar-refractivity contribution in [3.05, 3.63) is 62.1 Å². The fourth-order valence-corrected chi connectivity index (χ4v) is 3.07. The van der Waals surface area contributed by atoms with E-state index in [0.29, 0.717) is 32.7 Å². The number of benzene rings is 1. The van der Waals surface area contributed by atoms with Crippen molar-refractivity contribution < 1.29 is 13.2 Å². The molecule has 0 saturated heterocycles. The van der Waals surface area contributed by atoms with Gasteiger partial charge in [-0.1, -0.05) is 12.1 Å². The SMILES string of the molecule is Cc1nc(NCc2cccc(C(F)(F)F)c2)c2cc(Br)c(=O)n(C)c2n1. The highest BCUT2D eigenvalue weighted by atomic mass is 79.9. The number of nitrogens with zero attached hydrogens (tertiary/aromatic N) is 3. The Morgan fingerprint density at radius 2 is 1.96 bits per heavy atom. The van der Waals surface area contributed by atoms with Gasteiger partial charge in [-0.25, -0.2) is 9.97 Å². The summed E-state index contributed by atoms with van der Waals surface area (Å²) in [5.41, 5.74) is -0.0320. The zero-order chi connectivity index (χ0) is 19.1. The Morgan fingerprint density at radius 1 is 1.23 bits per heavy atom. The van der Waals surface area contributed by atoms with Crippen LogP contribution in [0.25, 0.3) is 11.0 Å². The molecule has 1 aromatic carbocycles. The molecule has 0 spiro atoms. The summed E-state index contributed by atoms with van der Waals surface area (Å²) in [7, 11) is 1.60. The van der Waals surface area contributed by atoms with Gasteiger partial charge in [-0.05, 0) is 46.6 Å². The zero-order valence-corrected chi connectivity index (χ0v) is 15.4. The summed E-state index contributed by atoms with van der Waals surface area (Å²) in [5.74, 6) is 0.891. The molecule has 3 rings (SSSR count). The molecule has 9 heteroatoms. The Bertz CT molecular complexity index is 1050. The molecular formula is C17H14BrF3N4O. The molecule has 0 saturated carbocycles. The third-order valence-electron chi connectivity index (χ3n) is 3.85. The third kappa shape index (κ3) is 3.57. The Balaban J connectivity index is 1.99. The summed E-state index contributed by atoms with van der Waals surface area (Å²) in [6.45, 7) is 1.83. The lowest BCUT2D eigenvalue weighted by molar-refractivity contribution is -0.137. The Labute approximate surface area is 155 Å². The molecule has 0 atom stereocenters. The molecule has 0 unspecified atom stereocenters. The van der Waals surface area contributed by atoms with Gasteiger partial charge in [-0.15, -0.1) is 0 Å². The van der Waals surface area contributed by atoms with Gasteiger partial charge in [-0.3, -0.25) is 9.36 Å². The maximum Gasteiger partial charge on any atom is 0.416 e. The van der Waals surface area contributed by atoms with Gasteiger partial charge in [0.2, 0.25) is 0 Å². The second-order valence-corrected chi connectivity index (χ2v) is 6.62. The van der Waals surface area contributed by atoms with E-state index in [2.05, 4.69) is 31.2 Å². The molecule has 0 radical (unpaired) electrons. The predicted octanol–water partition coefficient (Wildman–Crippen LogP) is 4.03. The summed E-state index contributed by atoms with van der Waals surface area (Å²) in [6, 6.07) is 6.69. The standard InChI is InChI=1S/C17H14BrF3N4O/c1-9-23-14(12-7-13(18)16(26)25(2)15(12)24-9)22-8-10-4-3-5-11(6-10)17(19,20)21/h3-7H,8H2,1-2H3,(H,22,23,24). The normalized spacial score (nSPS) is 11.8. The van der Waals surface area contributed by atoms with E-state index in [-0.39, 0.29) is 12.1 Å².